The van der Waals surface area contributed by atoms with Gasteiger partial charge in [0, 0.05) is 6.04 Å². The van der Waals surface area contributed by atoms with Gasteiger partial charge in [0.25, 0.3) is 5.91 Å². The first-order chi connectivity index (χ1) is 9.92. The Bertz CT molecular complexity index is 660. The molecule has 0 saturated heterocycles. The zero-order valence-corrected chi connectivity index (χ0v) is 13.2. The smallest absolute Gasteiger partial charge is 0.343 e. The first-order valence-electron chi connectivity index (χ1n) is 6.09. The van der Waals surface area contributed by atoms with Crippen molar-refractivity contribution in [1.82, 2.24) is 10.0 Å². The molecule has 1 amide bonds. The molecule has 0 aliphatic heterocycles. The van der Waals surface area contributed by atoms with Crippen LogP contribution in [0.25, 0.3) is 0 Å². The maximum absolute atomic E-state index is 12.1. The summed E-state index contributed by atoms with van der Waals surface area (Å²) in [5.74, 6) is -1.11. The highest BCUT2D eigenvalue weighted by atomic mass is 35.5. The van der Waals surface area contributed by atoms with Crippen molar-refractivity contribution in [3.63, 3.8) is 0 Å². The van der Waals surface area contributed by atoms with E-state index in [2.05, 4.69) is 4.72 Å². The highest BCUT2D eigenvalue weighted by Gasteiger charge is 2.28. The minimum atomic E-state index is -4.58. The summed E-state index contributed by atoms with van der Waals surface area (Å²) < 4.78 is 62.5. The highest BCUT2D eigenvalue weighted by Crippen LogP contribution is 2.21. The topological polar surface area (TPSA) is 75.3 Å². The summed E-state index contributed by atoms with van der Waals surface area (Å²) in [4.78, 5) is 11.4. The second kappa shape index (κ2) is 6.84. The molecule has 0 atom stereocenters. The Kier molecular flexibility index (Phi) is 5.82. The molecule has 0 aliphatic carbocycles. The van der Waals surface area contributed by atoms with E-state index >= 15 is 0 Å². The Morgan fingerprint density at radius 3 is 2.41 bits per heavy atom. The van der Waals surface area contributed by atoms with Crippen molar-refractivity contribution in [1.29, 1.82) is 0 Å². The number of sulfonamides is 1. The number of nitrogens with one attached hydrogen (secondary N) is 2. The van der Waals surface area contributed by atoms with Crippen LogP contribution in [0.2, 0.25) is 5.02 Å². The zero-order chi connectivity index (χ0) is 17.1. The van der Waals surface area contributed by atoms with Crippen LogP contribution in [0, 0.1) is 0 Å². The molecule has 0 bridgehead atoms. The second-order valence-corrected chi connectivity index (χ2v) is 6.84. The minimum Gasteiger partial charge on any atom is -0.343 e. The Morgan fingerprint density at radius 1 is 1.32 bits per heavy atom. The molecule has 0 spiro atoms. The van der Waals surface area contributed by atoms with Gasteiger partial charge in [0.15, 0.2) is 0 Å². The lowest BCUT2D eigenvalue weighted by atomic mass is 10.2. The molecule has 0 saturated carbocycles. The predicted molar refractivity (Wildman–Crippen MR) is 75.3 cm³/mol. The van der Waals surface area contributed by atoms with Gasteiger partial charge in [0.05, 0.1) is 15.5 Å². The monoisotopic (exact) mass is 358 g/mol. The van der Waals surface area contributed by atoms with Crippen molar-refractivity contribution in [3.05, 3.63) is 28.8 Å². The number of halogens is 4. The van der Waals surface area contributed by atoms with Gasteiger partial charge in [-0.15, -0.1) is 0 Å². The highest BCUT2D eigenvalue weighted by molar-refractivity contribution is 7.89. The molecule has 0 heterocycles. The van der Waals surface area contributed by atoms with Gasteiger partial charge in [-0.2, -0.15) is 13.2 Å². The van der Waals surface area contributed by atoms with E-state index in [4.69, 9.17) is 11.6 Å². The fourth-order valence-corrected chi connectivity index (χ4v) is 2.98. The third kappa shape index (κ3) is 5.47. The molecule has 124 valence electrons. The third-order valence-electron chi connectivity index (χ3n) is 2.33. The molecular weight excluding hydrogens is 345 g/mol. The summed E-state index contributed by atoms with van der Waals surface area (Å²) in [6.45, 7) is 1.66. The van der Waals surface area contributed by atoms with Crippen LogP contribution in [0.5, 0.6) is 0 Å². The van der Waals surface area contributed by atoms with E-state index in [1.165, 1.54) is 0 Å². The number of hydrogen-bond acceptors (Lipinski definition) is 3. The SMILES string of the molecule is CC(C)NS(=O)(=O)c1ccc(Cl)c(C(=O)NCC(F)(F)F)c1. The standard InChI is InChI=1S/C12H14ClF3N2O3S/c1-7(2)18-22(20,21)8-3-4-10(13)9(5-8)11(19)17-6-12(14,15)16/h3-5,7,18H,6H2,1-2H3,(H,17,19). The van der Waals surface area contributed by atoms with Gasteiger partial charge in [-0.3, -0.25) is 4.79 Å². The van der Waals surface area contributed by atoms with Gasteiger partial charge >= 0.3 is 6.18 Å². The lowest BCUT2D eigenvalue weighted by Gasteiger charge is -2.12. The van der Waals surface area contributed by atoms with Crippen molar-refractivity contribution >= 4 is 27.5 Å². The third-order valence-corrected chi connectivity index (χ3v) is 4.32. The van der Waals surface area contributed by atoms with E-state index in [0.29, 0.717) is 0 Å². The Morgan fingerprint density at radius 2 is 1.91 bits per heavy atom. The summed E-state index contributed by atoms with van der Waals surface area (Å²) in [6.07, 6.45) is -4.58. The molecule has 1 aromatic carbocycles. The van der Waals surface area contributed by atoms with Crippen molar-refractivity contribution < 1.29 is 26.4 Å². The Labute approximate surface area is 130 Å². The van der Waals surface area contributed by atoms with Crippen LogP contribution in [0.15, 0.2) is 23.1 Å². The van der Waals surface area contributed by atoms with Gasteiger partial charge in [-0.1, -0.05) is 11.6 Å². The number of amides is 1. The minimum absolute atomic E-state index is 0.150. The lowest BCUT2D eigenvalue weighted by molar-refractivity contribution is -0.123. The Hall–Kier alpha value is -1.32. The molecule has 22 heavy (non-hydrogen) atoms. The van der Waals surface area contributed by atoms with Crippen LogP contribution < -0.4 is 10.0 Å². The number of carbonyl (C=O) groups excluding carboxylic acids is 1. The maximum Gasteiger partial charge on any atom is 0.405 e. The molecule has 10 heteroatoms. The molecule has 1 rings (SSSR count). The molecule has 5 nitrogen and oxygen atoms in total. The first kappa shape index (κ1) is 18.7. The molecular formula is C12H14ClF3N2O3S. The van der Waals surface area contributed by atoms with Crippen molar-refractivity contribution in [3.8, 4) is 0 Å². The summed E-state index contributed by atoms with van der Waals surface area (Å²) >= 11 is 5.74. The van der Waals surface area contributed by atoms with Crippen LogP contribution in [0.3, 0.4) is 0 Å². The largest absolute Gasteiger partial charge is 0.405 e. The number of rotatable bonds is 5. The van der Waals surface area contributed by atoms with Gasteiger partial charge in [0.1, 0.15) is 6.54 Å². The van der Waals surface area contributed by atoms with Crippen LogP contribution in [0.1, 0.15) is 24.2 Å². The lowest BCUT2D eigenvalue weighted by Crippen LogP contribution is -2.34. The fraction of sp³-hybridized carbons (Fsp3) is 0.417. The summed E-state index contributed by atoms with van der Waals surface area (Å²) in [7, 11) is -3.89. The molecule has 0 unspecified atom stereocenters. The van der Waals surface area contributed by atoms with E-state index in [0.717, 1.165) is 18.2 Å². The van der Waals surface area contributed by atoms with E-state index in [-0.39, 0.29) is 21.5 Å². The number of carbonyl (C=O) groups is 1. The van der Waals surface area contributed by atoms with Crippen LogP contribution in [-0.4, -0.2) is 33.1 Å². The van der Waals surface area contributed by atoms with Crippen molar-refractivity contribution in [2.45, 2.75) is 31.0 Å². The molecule has 0 radical (unpaired) electrons. The van der Waals surface area contributed by atoms with E-state index in [9.17, 15) is 26.4 Å². The number of benzene rings is 1. The van der Waals surface area contributed by atoms with E-state index in [1.54, 1.807) is 19.2 Å². The summed E-state index contributed by atoms with van der Waals surface area (Å²) in [5, 5.41) is 1.49. The van der Waals surface area contributed by atoms with Crippen LogP contribution in [0.4, 0.5) is 13.2 Å². The van der Waals surface area contributed by atoms with E-state index in [1.807, 2.05) is 0 Å². The van der Waals surface area contributed by atoms with E-state index < -0.39 is 28.7 Å². The van der Waals surface area contributed by atoms with Gasteiger partial charge in [0.2, 0.25) is 10.0 Å². The normalized spacial score (nSPS) is 12.5. The second-order valence-electron chi connectivity index (χ2n) is 4.72. The molecule has 0 aromatic heterocycles. The molecule has 1 aromatic rings. The molecule has 2 N–H and O–H groups in total. The Balaban J connectivity index is 3.07. The first-order valence-corrected chi connectivity index (χ1v) is 7.95. The summed E-state index contributed by atoms with van der Waals surface area (Å²) in [6, 6.07) is 2.84. The maximum atomic E-state index is 12.1. The fourth-order valence-electron chi connectivity index (χ4n) is 1.50. The van der Waals surface area contributed by atoms with Crippen molar-refractivity contribution in [2.75, 3.05) is 6.54 Å². The average Bonchev–Trinajstić information content (AvgIpc) is 2.33. The number of hydrogen-bond donors (Lipinski definition) is 2. The quantitative estimate of drug-likeness (QED) is 0.848. The van der Waals surface area contributed by atoms with Gasteiger partial charge in [-0.05, 0) is 32.0 Å². The van der Waals surface area contributed by atoms with Crippen molar-refractivity contribution in [2.24, 2.45) is 0 Å². The van der Waals surface area contributed by atoms with Gasteiger partial charge < -0.3 is 5.32 Å². The molecule has 0 fully saturated rings. The summed E-state index contributed by atoms with van der Waals surface area (Å²) in [5.41, 5.74) is -0.349. The molecule has 0 aliphatic rings. The zero-order valence-electron chi connectivity index (χ0n) is 11.7. The van der Waals surface area contributed by atoms with Crippen LogP contribution >= 0.6 is 11.6 Å². The van der Waals surface area contributed by atoms with Gasteiger partial charge in [-0.25, -0.2) is 13.1 Å². The van der Waals surface area contributed by atoms with Crippen LogP contribution in [-0.2, 0) is 10.0 Å². The average molecular weight is 359 g/mol. The number of alkyl halides is 3. The predicted octanol–water partition coefficient (Wildman–Crippen LogP) is 2.32.